The second-order valence-corrected chi connectivity index (χ2v) is 12.5. The molecule has 0 saturated carbocycles. The molecule has 0 fully saturated rings. The molecular formula is C37H71NO5. The van der Waals surface area contributed by atoms with Crippen molar-refractivity contribution in [1.29, 1.82) is 0 Å². The Labute approximate surface area is 265 Å². The fourth-order valence-corrected chi connectivity index (χ4v) is 5.50. The molecule has 0 spiro atoms. The van der Waals surface area contributed by atoms with E-state index in [0.29, 0.717) is 12.8 Å². The van der Waals surface area contributed by atoms with Crippen molar-refractivity contribution in [3.63, 3.8) is 0 Å². The van der Waals surface area contributed by atoms with Crippen LogP contribution in [0.3, 0.4) is 0 Å². The number of allylic oxidation sites excluding steroid dienone is 4. The Morgan fingerprint density at radius 2 is 1.07 bits per heavy atom. The lowest BCUT2D eigenvalue weighted by atomic mass is 9.99. The quantitative estimate of drug-likeness (QED) is 0.0388. The van der Waals surface area contributed by atoms with Crippen LogP contribution in [0.5, 0.6) is 0 Å². The second-order valence-electron chi connectivity index (χ2n) is 12.5. The lowest BCUT2D eigenvalue weighted by Gasteiger charge is -2.27. The minimum atomic E-state index is -1.25. The van der Waals surface area contributed by atoms with E-state index in [-0.39, 0.29) is 0 Å². The van der Waals surface area contributed by atoms with Crippen LogP contribution in [0, 0.1) is 0 Å². The summed E-state index contributed by atoms with van der Waals surface area (Å²) in [4.78, 5) is 12.4. The van der Waals surface area contributed by atoms with Crippen molar-refractivity contribution in [2.75, 3.05) is 6.61 Å². The first kappa shape index (κ1) is 41.8. The summed E-state index contributed by atoms with van der Waals surface area (Å²) in [5.74, 6) is -0.589. The van der Waals surface area contributed by atoms with Crippen LogP contribution < -0.4 is 5.32 Å². The molecule has 4 atom stereocenters. The SMILES string of the molecule is CC/C=C\C/C=C\CCCCCCCCCCCCCCCC(O)C(=O)NC(CO)C(O)C(O)CCCCCCCCC. The highest BCUT2D eigenvalue weighted by molar-refractivity contribution is 5.80. The first-order valence-corrected chi connectivity index (χ1v) is 18.2. The van der Waals surface area contributed by atoms with Gasteiger partial charge in [-0.05, 0) is 38.5 Å². The largest absolute Gasteiger partial charge is 0.394 e. The number of hydrogen-bond acceptors (Lipinski definition) is 5. The van der Waals surface area contributed by atoms with E-state index in [2.05, 4.69) is 43.5 Å². The van der Waals surface area contributed by atoms with Crippen LogP contribution >= 0.6 is 0 Å². The lowest BCUT2D eigenvalue weighted by molar-refractivity contribution is -0.132. The summed E-state index contributed by atoms with van der Waals surface area (Å²) in [6.45, 7) is 3.87. The van der Waals surface area contributed by atoms with E-state index in [9.17, 15) is 25.2 Å². The first-order valence-electron chi connectivity index (χ1n) is 18.2. The summed E-state index contributed by atoms with van der Waals surface area (Å²) in [5, 5.41) is 43.2. The van der Waals surface area contributed by atoms with Gasteiger partial charge in [0.05, 0.1) is 18.8 Å². The maximum Gasteiger partial charge on any atom is 0.249 e. The molecule has 1 amide bonds. The zero-order valence-corrected chi connectivity index (χ0v) is 28.2. The van der Waals surface area contributed by atoms with Crippen LogP contribution in [-0.4, -0.2) is 57.3 Å². The Bertz CT molecular complexity index is 653. The average Bonchev–Trinajstić information content (AvgIpc) is 3.01. The van der Waals surface area contributed by atoms with Crippen LogP contribution in [0.25, 0.3) is 0 Å². The number of nitrogens with one attached hydrogen (secondary N) is 1. The smallest absolute Gasteiger partial charge is 0.249 e. The van der Waals surface area contributed by atoms with Crippen LogP contribution in [0.2, 0.25) is 0 Å². The number of aliphatic hydroxyl groups is 4. The number of hydrogen-bond donors (Lipinski definition) is 5. The zero-order valence-electron chi connectivity index (χ0n) is 28.2. The summed E-state index contributed by atoms with van der Waals surface area (Å²) < 4.78 is 0. The van der Waals surface area contributed by atoms with Gasteiger partial charge in [0.1, 0.15) is 12.2 Å². The van der Waals surface area contributed by atoms with Crippen molar-refractivity contribution in [1.82, 2.24) is 5.32 Å². The van der Waals surface area contributed by atoms with E-state index in [1.807, 2.05) is 0 Å². The van der Waals surface area contributed by atoms with Gasteiger partial charge < -0.3 is 25.7 Å². The molecule has 0 radical (unpaired) electrons. The molecule has 0 rings (SSSR count). The van der Waals surface area contributed by atoms with Gasteiger partial charge in [-0.25, -0.2) is 0 Å². The van der Waals surface area contributed by atoms with Gasteiger partial charge in [-0.1, -0.05) is 160 Å². The average molecular weight is 610 g/mol. The van der Waals surface area contributed by atoms with Gasteiger partial charge in [0.15, 0.2) is 0 Å². The van der Waals surface area contributed by atoms with Crippen molar-refractivity contribution in [2.24, 2.45) is 0 Å². The third-order valence-electron chi connectivity index (χ3n) is 8.43. The summed E-state index contributed by atoms with van der Waals surface area (Å²) in [7, 11) is 0. The molecular weight excluding hydrogens is 538 g/mol. The maximum atomic E-state index is 12.4. The van der Waals surface area contributed by atoms with E-state index < -0.39 is 36.9 Å². The monoisotopic (exact) mass is 610 g/mol. The molecule has 4 unspecified atom stereocenters. The van der Waals surface area contributed by atoms with E-state index >= 15 is 0 Å². The molecule has 0 aliphatic carbocycles. The summed E-state index contributed by atoms with van der Waals surface area (Å²) in [5.41, 5.74) is 0. The lowest BCUT2D eigenvalue weighted by Crippen LogP contribution is -2.53. The van der Waals surface area contributed by atoms with E-state index in [4.69, 9.17) is 0 Å². The van der Waals surface area contributed by atoms with Gasteiger partial charge in [-0.3, -0.25) is 4.79 Å². The molecule has 0 aliphatic heterocycles. The van der Waals surface area contributed by atoms with Crippen molar-refractivity contribution < 1.29 is 25.2 Å². The van der Waals surface area contributed by atoms with Gasteiger partial charge in [0.2, 0.25) is 5.91 Å². The number of unbranched alkanes of at least 4 members (excludes halogenated alkanes) is 19. The topological polar surface area (TPSA) is 110 Å². The van der Waals surface area contributed by atoms with Gasteiger partial charge in [0.25, 0.3) is 0 Å². The molecule has 6 heteroatoms. The minimum Gasteiger partial charge on any atom is -0.394 e. The van der Waals surface area contributed by atoms with Gasteiger partial charge >= 0.3 is 0 Å². The highest BCUT2D eigenvalue weighted by Gasteiger charge is 2.28. The molecule has 43 heavy (non-hydrogen) atoms. The number of amides is 1. The molecule has 0 aromatic carbocycles. The molecule has 0 heterocycles. The molecule has 5 N–H and O–H groups in total. The molecule has 0 aromatic heterocycles. The van der Waals surface area contributed by atoms with Crippen LogP contribution in [-0.2, 0) is 4.79 Å². The summed E-state index contributed by atoms with van der Waals surface area (Å²) in [6.07, 6.45) is 33.6. The van der Waals surface area contributed by atoms with Crippen molar-refractivity contribution in [3.05, 3.63) is 24.3 Å². The summed E-state index contributed by atoms with van der Waals surface area (Å²) in [6, 6.07) is -0.980. The minimum absolute atomic E-state index is 0.368. The van der Waals surface area contributed by atoms with E-state index in [1.54, 1.807) is 0 Å². The molecule has 254 valence electrons. The zero-order chi connectivity index (χ0) is 31.8. The highest BCUT2D eigenvalue weighted by atomic mass is 16.3. The second kappa shape index (κ2) is 32.2. The molecule has 0 aromatic rings. The molecule has 0 aliphatic rings. The fraction of sp³-hybridized carbons (Fsp3) is 0.865. The molecule has 0 bridgehead atoms. The molecule has 6 nitrogen and oxygen atoms in total. The number of carbonyl (C=O) groups excluding carboxylic acids is 1. The molecule has 0 saturated heterocycles. The van der Waals surface area contributed by atoms with Crippen molar-refractivity contribution in [3.8, 4) is 0 Å². The van der Waals surface area contributed by atoms with Crippen molar-refractivity contribution in [2.45, 2.75) is 199 Å². The Hall–Kier alpha value is -1.21. The van der Waals surface area contributed by atoms with Crippen LogP contribution in [0.15, 0.2) is 24.3 Å². The standard InChI is InChI=1S/C37H71NO5/c1-3-5-7-9-11-12-13-14-15-16-17-18-19-20-21-22-23-25-27-29-31-35(41)37(43)38-33(32-39)36(42)34(40)30-28-26-24-10-8-6-4-2/h5,7,11-12,33-36,39-42H,3-4,6,8-10,13-32H2,1-2H3,(H,38,43)/b7-5-,12-11-. The first-order chi connectivity index (χ1) is 21.0. The van der Waals surface area contributed by atoms with Gasteiger partial charge in [-0.15, -0.1) is 0 Å². The number of carbonyl (C=O) groups is 1. The predicted octanol–water partition coefficient (Wildman–Crippen LogP) is 8.45. The van der Waals surface area contributed by atoms with E-state index in [0.717, 1.165) is 51.4 Å². The number of aliphatic hydroxyl groups excluding tert-OH is 4. The Balaban J connectivity index is 3.71. The highest BCUT2D eigenvalue weighted by Crippen LogP contribution is 2.15. The predicted molar refractivity (Wildman–Crippen MR) is 182 cm³/mol. The fourth-order valence-electron chi connectivity index (χ4n) is 5.50. The van der Waals surface area contributed by atoms with E-state index in [1.165, 1.54) is 96.3 Å². The third-order valence-corrected chi connectivity index (χ3v) is 8.43. The van der Waals surface area contributed by atoms with Crippen molar-refractivity contribution >= 4 is 5.91 Å². The normalized spacial score (nSPS) is 14.8. The Kier molecular flexibility index (Phi) is 31.3. The summed E-state index contributed by atoms with van der Waals surface area (Å²) >= 11 is 0. The van der Waals surface area contributed by atoms with Gasteiger partial charge in [-0.2, -0.15) is 0 Å². The van der Waals surface area contributed by atoms with Crippen LogP contribution in [0.4, 0.5) is 0 Å². The van der Waals surface area contributed by atoms with Gasteiger partial charge in [0, 0.05) is 0 Å². The Morgan fingerprint density at radius 1 is 0.605 bits per heavy atom. The van der Waals surface area contributed by atoms with Crippen LogP contribution in [0.1, 0.15) is 174 Å². The maximum absolute atomic E-state index is 12.4. The third kappa shape index (κ3) is 26.9. The Morgan fingerprint density at radius 3 is 1.58 bits per heavy atom. The number of rotatable bonds is 32.